The van der Waals surface area contributed by atoms with Crippen molar-refractivity contribution < 1.29 is 4.79 Å². The molecule has 0 spiro atoms. The topological polar surface area (TPSA) is 55.1 Å². The van der Waals surface area contributed by atoms with E-state index in [0.717, 1.165) is 25.8 Å². The average molecular weight is 265 g/mol. The van der Waals surface area contributed by atoms with Gasteiger partial charge in [0, 0.05) is 13.0 Å². The Labute approximate surface area is 112 Å². The Kier molecular flexibility index (Phi) is 15.5. The van der Waals surface area contributed by atoms with Crippen molar-refractivity contribution in [3.05, 3.63) is 0 Å². The van der Waals surface area contributed by atoms with Crippen LogP contribution >= 0.6 is 12.4 Å². The van der Waals surface area contributed by atoms with Crippen LogP contribution in [0.15, 0.2) is 0 Å². The van der Waals surface area contributed by atoms with Crippen LogP contribution in [0.5, 0.6) is 0 Å². The highest BCUT2D eigenvalue weighted by atomic mass is 35.5. The Hall–Kier alpha value is -0.280. The van der Waals surface area contributed by atoms with Gasteiger partial charge in [0.1, 0.15) is 0 Å². The first-order valence-corrected chi connectivity index (χ1v) is 6.71. The number of amides is 1. The highest BCUT2D eigenvalue weighted by molar-refractivity contribution is 5.85. The lowest BCUT2D eigenvalue weighted by molar-refractivity contribution is -0.122. The van der Waals surface area contributed by atoms with Crippen molar-refractivity contribution in [2.75, 3.05) is 13.1 Å². The first kappa shape index (κ1) is 19.1. The number of unbranched alkanes of at least 4 members (excludes halogenated alkanes) is 2. The average Bonchev–Trinajstić information content (AvgIpc) is 2.30. The first-order valence-electron chi connectivity index (χ1n) is 6.71. The van der Waals surface area contributed by atoms with Crippen molar-refractivity contribution in [1.82, 2.24) is 5.32 Å². The van der Waals surface area contributed by atoms with E-state index >= 15 is 0 Å². The summed E-state index contributed by atoms with van der Waals surface area (Å²) in [4.78, 5) is 11.6. The van der Waals surface area contributed by atoms with Gasteiger partial charge in [-0.15, -0.1) is 12.4 Å². The second-order valence-corrected chi connectivity index (χ2v) is 4.47. The Morgan fingerprint density at radius 2 is 1.94 bits per heavy atom. The van der Waals surface area contributed by atoms with Crippen LogP contribution in [0.3, 0.4) is 0 Å². The van der Waals surface area contributed by atoms with Crippen LogP contribution in [0, 0.1) is 5.92 Å². The van der Waals surface area contributed by atoms with Crippen LogP contribution in [0.25, 0.3) is 0 Å². The fourth-order valence-corrected chi connectivity index (χ4v) is 1.77. The van der Waals surface area contributed by atoms with Crippen molar-refractivity contribution in [2.45, 2.75) is 58.8 Å². The summed E-state index contributed by atoms with van der Waals surface area (Å²) in [6.45, 7) is 5.85. The fourth-order valence-electron chi connectivity index (χ4n) is 1.77. The quantitative estimate of drug-likeness (QED) is 0.596. The molecule has 17 heavy (non-hydrogen) atoms. The van der Waals surface area contributed by atoms with Crippen LogP contribution in [0.1, 0.15) is 58.8 Å². The van der Waals surface area contributed by atoms with Crippen LogP contribution in [0.4, 0.5) is 0 Å². The Bertz CT molecular complexity index is 177. The Morgan fingerprint density at radius 3 is 2.47 bits per heavy atom. The molecule has 0 fully saturated rings. The summed E-state index contributed by atoms with van der Waals surface area (Å²) in [6, 6.07) is 0. The van der Waals surface area contributed by atoms with Gasteiger partial charge in [-0.2, -0.15) is 0 Å². The maximum atomic E-state index is 11.6. The summed E-state index contributed by atoms with van der Waals surface area (Å²) in [7, 11) is 0. The number of nitrogens with two attached hydrogens (primary N) is 1. The van der Waals surface area contributed by atoms with Gasteiger partial charge in [0.05, 0.1) is 0 Å². The highest BCUT2D eigenvalue weighted by Gasteiger charge is 2.10. The summed E-state index contributed by atoms with van der Waals surface area (Å²) in [6.07, 6.45) is 7.42. The zero-order valence-electron chi connectivity index (χ0n) is 11.3. The van der Waals surface area contributed by atoms with E-state index in [-0.39, 0.29) is 18.3 Å². The van der Waals surface area contributed by atoms with Gasteiger partial charge >= 0.3 is 0 Å². The molecule has 0 aliphatic carbocycles. The predicted molar refractivity (Wildman–Crippen MR) is 76.5 cm³/mol. The Morgan fingerprint density at radius 1 is 1.24 bits per heavy atom. The van der Waals surface area contributed by atoms with Crippen LogP contribution in [0.2, 0.25) is 0 Å². The molecule has 0 aliphatic heterocycles. The largest absolute Gasteiger partial charge is 0.356 e. The smallest absolute Gasteiger partial charge is 0.220 e. The summed E-state index contributed by atoms with van der Waals surface area (Å²) in [5.41, 5.74) is 5.39. The standard InChI is InChI=1S/C13H28N2O.ClH/c1-3-5-8-12(4-2)11-13(16)15-10-7-6-9-14;/h12H,3-11,14H2,1-2H3,(H,15,16);1H. The zero-order valence-corrected chi connectivity index (χ0v) is 12.2. The second-order valence-electron chi connectivity index (χ2n) is 4.47. The molecule has 0 aromatic heterocycles. The summed E-state index contributed by atoms with van der Waals surface area (Å²) < 4.78 is 0. The predicted octanol–water partition coefficient (Wildman–Crippen LogP) is 2.87. The van der Waals surface area contributed by atoms with Gasteiger partial charge in [0.15, 0.2) is 0 Å². The number of hydrogen-bond acceptors (Lipinski definition) is 2. The van der Waals surface area contributed by atoms with E-state index < -0.39 is 0 Å². The Balaban J connectivity index is 0. The fraction of sp³-hybridized carbons (Fsp3) is 0.923. The maximum Gasteiger partial charge on any atom is 0.220 e. The summed E-state index contributed by atoms with van der Waals surface area (Å²) in [5.74, 6) is 0.773. The molecule has 1 unspecified atom stereocenters. The van der Waals surface area contributed by atoms with Gasteiger partial charge in [-0.3, -0.25) is 4.79 Å². The molecular formula is C13H29ClN2O. The SMILES string of the molecule is CCCCC(CC)CC(=O)NCCCCN.Cl. The first-order chi connectivity index (χ1) is 7.74. The van der Waals surface area contributed by atoms with Crippen LogP contribution < -0.4 is 11.1 Å². The normalized spacial score (nSPS) is 11.7. The third kappa shape index (κ3) is 12.0. The minimum Gasteiger partial charge on any atom is -0.356 e. The van der Waals surface area contributed by atoms with E-state index in [4.69, 9.17) is 5.73 Å². The van der Waals surface area contributed by atoms with Gasteiger partial charge < -0.3 is 11.1 Å². The molecule has 0 bridgehead atoms. The maximum absolute atomic E-state index is 11.6. The monoisotopic (exact) mass is 264 g/mol. The molecule has 0 aromatic rings. The van der Waals surface area contributed by atoms with Crippen molar-refractivity contribution in [3.8, 4) is 0 Å². The van der Waals surface area contributed by atoms with Crippen LogP contribution in [-0.4, -0.2) is 19.0 Å². The van der Waals surface area contributed by atoms with Gasteiger partial charge in [-0.25, -0.2) is 0 Å². The lowest BCUT2D eigenvalue weighted by Gasteiger charge is -2.13. The zero-order chi connectivity index (χ0) is 12.2. The summed E-state index contributed by atoms with van der Waals surface area (Å²) in [5, 5.41) is 2.96. The van der Waals surface area contributed by atoms with Gasteiger partial charge in [-0.1, -0.05) is 33.1 Å². The molecule has 0 saturated carbocycles. The molecule has 104 valence electrons. The number of carbonyl (C=O) groups excluding carboxylic acids is 1. The molecule has 0 heterocycles. The van der Waals surface area contributed by atoms with Crippen LogP contribution in [-0.2, 0) is 4.79 Å². The van der Waals surface area contributed by atoms with E-state index in [2.05, 4.69) is 19.2 Å². The molecule has 3 nitrogen and oxygen atoms in total. The molecule has 0 aromatic carbocycles. The van der Waals surface area contributed by atoms with E-state index in [0.29, 0.717) is 18.9 Å². The lowest BCUT2D eigenvalue weighted by atomic mass is 9.95. The van der Waals surface area contributed by atoms with Crippen molar-refractivity contribution in [2.24, 2.45) is 11.7 Å². The van der Waals surface area contributed by atoms with E-state index in [9.17, 15) is 4.79 Å². The molecular weight excluding hydrogens is 236 g/mol. The number of rotatable bonds is 10. The minimum atomic E-state index is 0. The van der Waals surface area contributed by atoms with Crippen molar-refractivity contribution in [1.29, 1.82) is 0 Å². The van der Waals surface area contributed by atoms with Gasteiger partial charge in [-0.05, 0) is 31.7 Å². The third-order valence-electron chi connectivity index (χ3n) is 2.97. The van der Waals surface area contributed by atoms with E-state index in [1.165, 1.54) is 19.3 Å². The van der Waals surface area contributed by atoms with Gasteiger partial charge in [0.2, 0.25) is 5.91 Å². The van der Waals surface area contributed by atoms with Crippen molar-refractivity contribution >= 4 is 18.3 Å². The number of nitrogens with one attached hydrogen (secondary N) is 1. The molecule has 4 heteroatoms. The third-order valence-corrected chi connectivity index (χ3v) is 2.97. The number of hydrogen-bond donors (Lipinski definition) is 2. The van der Waals surface area contributed by atoms with E-state index in [1.54, 1.807) is 0 Å². The highest BCUT2D eigenvalue weighted by Crippen LogP contribution is 2.16. The lowest BCUT2D eigenvalue weighted by Crippen LogP contribution is -2.26. The molecule has 0 rings (SSSR count). The molecule has 1 amide bonds. The van der Waals surface area contributed by atoms with Crippen molar-refractivity contribution in [3.63, 3.8) is 0 Å². The molecule has 0 aliphatic rings. The summed E-state index contributed by atoms with van der Waals surface area (Å²) >= 11 is 0. The molecule has 0 radical (unpaired) electrons. The molecule has 3 N–H and O–H groups in total. The number of carbonyl (C=O) groups is 1. The van der Waals surface area contributed by atoms with E-state index in [1.807, 2.05) is 0 Å². The minimum absolute atomic E-state index is 0. The number of halogens is 1. The molecule has 0 saturated heterocycles. The van der Waals surface area contributed by atoms with Gasteiger partial charge in [0.25, 0.3) is 0 Å². The second kappa shape index (κ2) is 13.8. The molecule has 1 atom stereocenters.